The average Bonchev–Trinajstić information content (AvgIpc) is 3.06. The topological polar surface area (TPSA) is 18.5 Å². The van der Waals surface area contributed by atoms with E-state index in [-0.39, 0.29) is 0 Å². The minimum atomic E-state index is 0.813. The van der Waals surface area contributed by atoms with E-state index in [1.807, 2.05) is 0 Å². The van der Waals surface area contributed by atoms with Gasteiger partial charge in [0.25, 0.3) is 0 Å². The predicted molar refractivity (Wildman–Crippen MR) is 73.4 cm³/mol. The maximum Gasteiger partial charge on any atom is 0.0235 e. The summed E-state index contributed by atoms with van der Waals surface area (Å²) in [5.41, 5.74) is 0. The molecular weight excluding hydrogens is 210 g/mol. The Hall–Kier alpha value is -0.120. The third-order valence-corrected chi connectivity index (χ3v) is 4.31. The molecule has 2 aliphatic rings. The van der Waals surface area contributed by atoms with Crippen LogP contribution >= 0.6 is 0 Å². The van der Waals surface area contributed by atoms with Crippen LogP contribution < -0.4 is 5.32 Å². The van der Waals surface area contributed by atoms with E-state index in [1.165, 1.54) is 65.1 Å². The molecule has 0 spiro atoms. The molecule has 1 aliphatic carbocycles. The molecule has 1 heterocycles. The SMILES string of the molecule is CCN(CC)C1CCN(CCNCC2CC2)C1. The minimum Gasteiger partial charge on any atom is -0.315 e. The lowest BCUT2D eigenvalue weighted by Gasteiger charge is -2.26. The summed E-state index contributed by atoms with van der Waals surface area (Å²) in [7, 11) is 0. The molecule has 0 radical (unpaired) electrons. The van der Waals surface area contributed by atoms with E-state index in [0.717, 1.165) is 12.0 Å². The summed E-state index contributed by atoms with van der Waals surface area (Å²) in [5, 5.41) is 3.59. The highest BCUT2D eigenvalue weighted by atomic mass is 15.3. The zero-order chi connectivity index (χ0) is 12.1. The van der Waals surface area contributed by atoms with E-state index in [4.69, 9.17) is 0 Å². The number of likely N-dealkylation sites (N-methyl/N-ethyl adjacent to an activating group) is 1. The van der Waals surface area contributed by atoms with Gasteiger partial charge in [-0.1, -0.05) is 13.8 Å². The lowest BCUT2D eigenvalue weighted by atomic mass is 10.2. The largest absolute Gasteiger partial charge is 0.315 e. The Morgan fingerprint density at radius 2 is 1.94 bits per heavy atom. The fraction of sp³-hybridized carbons (Fsp3) is 1.00. The Kier molecular flexibility index (Phi) is 5.26. The number of hydrogen-bond donors (Lipinski definition) is 1. The molecule has 17 heavy (non-hydrogen) atoms. The standard InChI is InChI=1S/C14H29N3/c1-3-17(4-2)14-7-9-16(12-14)10-8-15-11-13-5-6-13/h13-15H,3-12H2,1-2H3. The van der Waals surface area contributed by atoms with E-state index >= 15 is 0 Å². The maximum atomic E-state index is 3.59. The first-order valence-electron chi connectivity index (χ1n) is 7.50. The number of nitrogens with one attached hydrogen (secondary N) is 1. The molecule has 2 fully saturated rings. The Balaban J connectivity index is 1.56. The van der Waals surface area contributed by atoms with E-state index in [1.54, 1.807) is 0 Å². The van der Waals surface area contributed by atoms with Crippen molar-refractivity contribution in [1.82, 2.24) is 15.1 Å². The molecule has 0 bridgehead atoms. The third-order valence-electron chi connectivity index (χ3n) is 4.31. The van der Waals surface area contributed by atoms with E-state index in [9.17, 15) is 0 Å². The third kappa shape index (κ3) is 4.23. The van der Waals surface area contributed by atoms with Gasteiger partial charge in [-0.25, -0.2) is 0 Å². The number of nitrogens with zero attached hydrogens (tertiary/aromatic N) is 2. The van der Waals surface area contributed by atoms with Gasteiger partial charge in [-0.15, -0.1) is 0 Å². The van der Waals surface area contributed by atoms with Crippen molar-refractivity contribution in [3.05, 3.63) is 0 Å². The Morgan fingerprint density at radius 1 is 1.18 bits per heavy atom. The summed E-state index contributed by atoms with van der Waals surface area (Å²) in [6.07, 6.45) is 4.28. The van der Waals surface area contributed by atoms with E-state index in [0.29, 0.717) is 0 Å². The van der Waals surface area contributed by atoms with E-state index in [2.05, 4.69) is 29.0 Å². The van der Waals surface area contributed by atoms with Gasteiger partial charge < -0.3 is 10.2 Å². The van der Waals surface area contributed by atoms with Crippen LogP contribution in [0, 0.1) is 5.92 Å². The van der Waals surface area contributed by atoms with Gasteiger partial charge in [-0.2, -0.15) is 0 Å². The molecule has 3 nitrogen and oxygen atoms in total. The lowest BCUT2D eigenvalue weighted by molar-refractivity contribution is 0.211. The minimum absolute atomic E-state index is 0.813. The second-order valence-electron chi connectivity index (χ2n) is 5.61. The second-order valence-corrected chi connectivity index (χ2v) is 5.61. The zero-order valence-corrected chi connectivity index (χ0v) is 11.6. The molecule has 3 heteroatoms. The van der Waals surface area contributed by atoms with Crippen LogP contribution in [-0.2, 0) is 0 Å². The fourth-order valence-corrected chi connectivity index (χ4v) is 2.92. The van der Waals surface area contributed by atoms with Crippen molar-refractivity contribution >= 4 is 0 Å². The van der Waals surface area contributed by atoms with Crippen LogP contribution in [0.5, 0.6) is 0 Å². The molecule has 1 saturated carbocycles. The summed E-state index contributed by atoms with van der Waals surface area (Å²) >= 11 is 0. The van der Waals surface area contributed by atoms with Crippen LogP contribution in [-0.4, -0.2) is 61.7 Å². The van der Waals surface area contributed by atoms with Gasteiger partial charge in [0.15, 0.2) is 0 Å². The highest BCUT2D eigenvalue weighted by Gasteiger charge is 2.25. The van der Waals surface area contributed by atoms with Gasteiger partial charge in [0.2, 0.25) is 0 Å². The van der Waals surface area contributed by atoms with Crippen LogP contribution in [0.15, 0.2) is 0 Å². The monoisotopic (exact) mass is 239 g/mol. The highest BCUT2D eigenvalue weighted by Crippen LogP contribution is 2.27. The summed E-state index contributed by atoms with van der Waals surface area (Å²) in [6, 6.07) is 0.813. The fourth-order valence-electron chi connectivity index (χ4n) is 2.92. The van der Waals surface area contributed by atoms with Gasteiger partial charge in [-0.3, -0.25) is 4.90 Å². The van der Waals surface area contributed by atoms with Crippen molar-refractivity contribution in [2.75, 3.05) is 45.8 Å². The Labute approximate surface area is 107 Å². The quantitative estimate of drug-likeness (QED) is 0.646. The van der Waals surface area contributed by atoms with Crippen molar-refractivity contribution in [1.29, 1.82) is 0 Å². The zero-order valence-electron chi connectivity index (χ0n) is 11.6. The second kappa shape index (κ2) is 6.72. The first-order valence-corrected chi connectivity index (χ1v) is 7.50. The summed E-state index contributed by atoms with van der Waals surface area (Å²) in [6.45, 7) is 13.2. The van der Waals surface area contributed by atoms with Crippen molar-refractivity contribution in [2.45, 2.75) is 39.2 Å². The van der Waals surface area contributed by atoms with Crippen LogP contribution in [0.1, 0.15) is 33.1 Å². The van der Waals surface area contributed by atoms with E-state index < -0.39 is 0 Å². The van der Waals surface area contributed by atoms with Crippen molar-refractivity contribution in [3.63, 3.8) is 0 Å². The molecular formula is C14H29N3. The molecule has 1 aliphatic heterocycles. The van der Waals surface area contributed by atoms with Crippen molar-refractivity contribution in [3.8, 4) is 0 Å². The van der Waals surface area contributed by atoms with Crippen LogP contribution in [0.2, 0.25) is 0 Å². The van der Waals surface area contributed by atoms with Crippen LogP contribution in [0.3, 0.4) is 0 Å². The Morgan fingerprint density at radius 3 is 2.59 bits per heavy atom. The van der Waals surface area contributed by atoms with Gasteiger partial charge >= 0.3 is 0 Å². The molecule has 2 rings (SSSR count). The number of rotatable bonds is 8. The summed E-state index contributed by atoms with van der Waals surface area (Å²) < 4.78 is 0. The first kappa shape index (κ1) is 13.3. The van der Waals surface area contributed by atoms with Crippen LogP contribution in [0.25, 0.3) is 0 Å². The number of likely N-dealkylation sites (tertiary alicyclic amines) is 1. The number of hydrogen-bond acceptors (Lipinski definition) is 3. The first-order chi connectivity index (χ1) is 8.33. The molecule has 100 valence electrons. The smallest absolute Gasteiger partial charge is 0.0235 e. The molecule has 0 aromatic rings. The van der Waals surface area contributed by atoms with Gasteiger partial charge in [-0.05, 0) is 51.4 Å². The van der Waals surface area contributed by atoms with Gasteiger partial charge in [0.1, 0.15) is 0 Å². The van der Waals surface area contributed by atoms with Crippen molar-refractivity contribution in [2.24, 2.45) is 5.92 Å². The molecule has 0 aromatic carbocycles. The summed E-state index contributed by atoms with van der Waals surface area (Å²) in [5.74, 6) is 1.01. The molecule has 1 N–H and O–H groups in total. The maximum absolute atomic E-state index is 3.59. The molecule has 1 saturated heterocycles. The van der Waals surface area contributed by atoms with Gasteiger partial charge in [0, 0.05) is 25.7 Å². The average molecular weight is 239 g/mol. The van der Waals surface area contributed by atoms with Crippen molar-refractivity contribution < 1.29 is 0 Å². The molecule has 0 aromatic heterocycles. The normalized spacial score (nSPS) is 25.9. The van der Waals surface area contributed by atoms with Crippen LogP contribution in [0.4, 0.5) is 0 Å². The molecule has 0 amide bonds. The summed E-state index contributed by atoms with van der Waals surface area (Å²) in [4.78, 5) is 5.24. The predicted octanol–water partition coefficient (Wildman–Crippen LogP) is 1.40. The Bertz CT molecular complexity index is 212. The molecule has 1 atom stereocenters. The highest BCUT2D eigenvalue weighted by molar-refractivity contribution is 4.83. The molecule has 1 unspecified atom stereocenters. The lowest BCUT2D eigenvalue weighted by Crippen LogP contribution is -2.38. The van der Waals surface area contributed by atoms with Gasteiger partial charge in [0.05, 0.1) is 0 Å².